The first-order chi connectivity index (χ1) is 16.4. The van der Waals surface area contributed by atoms with Crippen LogP contribution in [0, 0.1) is 11.3 Å². The predicted molar refractivity (Wildman–Crippen MR) is 124 cm³/mol. The van der Waals surface area contributed by atoms with Crippen LogP contribution in [0.15, 0.2) is 59.2 Å². The van der Waals surface area contributed by atoms with E-state index in [1.165, 1.54) is 31.5 Å². The number of carbonyl (C=O) groups is 2. The van der Waals surface area contributed by atoms with Gasteiger partial charge in [-0.1, -0.05) is 17.7 Å². The monoisotopic (exact) mass is 479 g/mol. The van der Waals surface area contributed by atoms with Crippen LogP contribution in [0.25, 0.3) is 0 Å². The van der Waals surface area contributed by atoms with E-state index in [0.29, 0.717) is 47.6 Å². The summed E-state index contributed by atoms with van der Waals surface area (Å²) in [5.41, 5.74) is 10.9. The van der Waals surface area contributed by atoms with Gasteiger partial charge in [0.1, 0.15) is 22.5 Å². The number of nitriles is 1. The van der Waals surface area contributed by atoms with E-state index >= 15 is 0 Å². The average molecular weight is 480 g/mol. The van der Waals surface area contributed by atoms with Crippen molar-refractivity contribution in [3.8, 4) is 17.6 Å². The van der Waals surface area contributed by atoms with Gasteiger partial charge in [0.25, 0.3) is 5.91 Å². The standard InChI is InChI=1S/C24H22ClN5O4/c1-33-13-8-9-14(19(11-13)34-2)20-16(12-26)23(27)30(17-6-3-7-18(31)21(17)20)29-24(32)15-5-4-10-28-22(15)25/h4-5,8-11,20H,3,6-7,27H2,1-2H3,(H,29,32). The lowest BCUT2D eigenvalue weighted by atomic mass is 9.75. The molecule has 0 spiro atoms. The summed E-state index contributed by atoms with van der Waals surface area (Å²) in [7, 11) is 3.04. The third-order valence-electron chi connectivity index (χ3n) is 5.88. The fourth-order valence-electron chi connectivity index (χ4n) is 4.30. The van der Waals surface area contributed by atoms with E-state index in [2.05, 4.69) is 16.5 Å². The number of ketones is 1. The zero-order valence-electron chi connectivity index (χ0n) is 18.6. The summed E-state index contributed by atoms with van der Waals surface area (Å²) in [4.78, 5) is 30.1. The van der Waals surface area contributed by atoms with Gasteiger partial charge < -0.3 is 15.2 Å². The lowest BCUT2D eigenvalue weighted by Gasteiger charge is -2.39. The van der Waals surface area contributed by atoms with Crippen molar-refractivity contribution in [2.45, 2.75) is 25.2 Å². The number of hydrogen-bond donors (Lipinski definition) is 2. The number of pyridine rings is 1. The molecule has 2 heterocycles. The summed E-state index contributed by atoms with van der Waals surface area (Å²) in [6.07, 6.45) is 2.85. The molecule has 10 heteroatoms. The molecule has 1 aromatic heterocycles. The number of methoxy groups -OCH3 is 2. The van der Waals surface area contributed by atoms with Gasteiger partial charge in [-0.2, -0.15) is 5.26 Å². The number of Topliss-reactive ketones (excluding diaryl/α,β-unsaturated/α-hetero) is 1. The molecule has 2 aromatic rings. The Labute approximate surface area is 201 Å². The lowest BCUT2D eigenvalue weighted by molar-refractivity contribution is -0.116. The second kappa shape index (κ2) is 9.45. The molecule has 1 aromatic carbocycles. The average Bonchev–Trinajstić information content (AvgIpc) is 2.85. The highest BCUT2D eigenvalue weighted by Gasteiger charge is 2.41. The van der Waals surface area contributed by atoms with Crippen molar-refractivity contribution >= 4 is 23.3 Å². The predicted octanol–water partition coefficient (Wildman–Crippen LogP) is 3.20. The van der Waals surface area contributed by atoms with Gasteiger partial charge >= 0.3 is 0 Å². The molecule has 0 saturated carbocycles. The maximum absolute atomic E-state index is 13.2. The van der Waals surface area contributed by atoms with Gasteiger partial charge in [-0.15, -0.1) is 0 Å². The summed E-state index contributed by atoms with van der Waals surface area (Å²) >= 11 is 6.07. The Balaban J connectivity index is 1.85. The van der Waals surface area contributed by atoms with Crippen LogP contribution in [-0.4, -0.2) is 35.9 Å². The molecule has 34 heavy (non-hydrogen) atoms. The quantitative estimate of drug-likeness (QED) is 0.625. The van der Waals surface area contributed by atoms with Gasteiger partial charge in [0.05, 0.1) is 37.3 Å². The number of allylic oxidation sites excluding steroid dienone is 3. The van der Waals surface area contributed by atoms with E-state index in [9.17, 15) is 14.9 Å². The molecule has 1 unspecified atom stereocenters. The van der Waals surface area contributed by atoms with E-state index in [-0.39, 0.29) is 27.9 Å². The van der Waals surface area contributed by atoms with Crippen LogP contribution in [0.2, 0.25) is 5.15 Å². The van der Waals surface area contributed by atoms with Crippen LogP contribution in [-0.2, 0) is 4.79 Å². The lowest BCUT2D eigenvalue weighted by Crippen LogP contribution is -2.48. The smallest absolute Gasteiger partial charge is 0.273 e. The number of nitrogens with zero attached hydrogens (tertiary/aromatic N) is 3. The van der Waals surface area contributed by atoms with Gasteiger partial charge in [-0.05, 0) is 31.0 Å². The van der Waals surface area contributed by atoms with Crippen LogP contribution < -0.4 is 20.6 Å². The van der Waals surface area contributed by atoms with Crippen molar-refractivity contribution in [1.82, 2.24) is 15.4 Å². The minimum Gasteiger partial charge on any atom is -0.497 e. The minimum atomic E-state index is -0.746. The number of rotatable bonds is 5. The van der Waals surface area contributed by atoms with E-state index in [1.807, 2.05) is 0 Å². The van der Waals surface area contributed by atoms with Gasteiger partial charge in [-0.3, -0.25) is 15.0 Å². The van der Waals surface area contributed by atoms with Crippen LogP contribution in [0.5, 0.6) is 11.5 Å². The van der Waals surface area contributed by atoms with Crippen molar-refractivity contribution < 1.29 is 19.1 Å². The zero-order chi connectivity index (χ0) is 24.4. The van der Waals surface area contributed by atoms with Crippen LogP contribution >= 0.6 is 11.6 Å². The fraction of sp³-hybridized carbons (Fsp3) is 0.250. The number of nitrogens with one attached hydrogen (secondary N) is 1. The summed E-state index contributed by atoms with van der Waals surface area (Å²) in [5, 5.41) is 11.4. The topological polar surface area (TPSA) is 131 Å². The maximum Gasteiger partial charge on any atom is 0.273 e. The van der Waals surface area contributed by atoms with E-state index in [1.54, 1.807) is 24.3 Å². The number of nitrogens with two attached hydrogens (primary N) is 1. The number of amides is 1. The first-order valence-electron chi connectivity index (χ1n) is 10.5. The second-order valence-corrected chi connectivity index (χ2v) is 8.06. The number of aromatic nitrogens is 1. The summed E-state index contributed by atoms with van der Waals surface area (Å²) in [5.74, 6) is -0.393. The molecular weight excluding hydrogens is 458 g/mol. The third kappa shape index (κ3) is 3.93. The van der Waals surface area contributed by atoms with Crippen molar-refractivity contribution in [1.29, 1.82) is 5.26 Å². The molecule has 0 fully saturated rings. The largest absolute Gasteiger partial charge is 0.497 e. The number of ether oxygens (including phenoxy) is 2. The van der Waals surface area contributed by atoms with E-state index in [4.69, 9.17) is 26.8 Å². The first kappa shape index (κ1) is 23.1. The van der Waals surface area contributed by atoms with Crippen molar-refractivity contribution in [2.75, 3.05) is 14.2 Å². The fourth-order valence-corrected chi connectivity index (χ4v) is 4.50. The molecule has 1 amide bonds. The highest BCUT2D eigenvalue weighted by Crippen LogP contribution is 2.47. The highest BCUT2D eigenvalue weighted by atomic mass is 35.5. The van der Waals surface area contributed by atoms with E-state index in [0.717, 1.165) is 0 Å². The molecule has 0 saturated heterocycles. The number of benzene rings is 1. The Bertz CT molecular complexity index is 1280. The molecule has 2 aliphatic rings. The van der Waals surface area contributed by atoms with Crippen molar-refractivity contribution in [3.63, 3.8) is 0 Å². The number of hydrogen-bond acceptors (Lipinski definition) is 8. The third-order valence-corrected chi connectivity index (χ3v) is 6.18. The van der Waals surface area contributed by atoms with Crippen molar-refractivity contribution in [2.24, 2.45) is 5.73 Å². The molecule has 1 atom stereocenters. The normalized spacial score (nSPS) is 17.8. The van der Waals surface area contributed by atoms with Crippen molar-refractivity contribution in [3.05, 3.63) is 75.5 Å². The molecule has 174 valence electrons. The van der Waals surface area contributed by atoms with Crippen LogP contribution in [0.1, 0.15) is 41.1 Å². The first-order valence-corrected chi connectivity index (χ1v) is 10.9. The Hall–Kier alpha value is -4.03. The van der Waals surface area contributed by atoms with Crippen LogP contribution in [0.4, 0.5) is 0 Å². The zero-order valence-corrected chi connectivity index (χ0v) is 19.3. The van der Waals surface area contributed by atoms with Gasteiger partial charge in [0.2, 0.25) is 0 Å². The Morgan fingerprint density at radius 2 is 2.09 bits per heavy atom. The summed E-state index contributed by atoms with van der Waals surface area (Å²) in [6, 6.07) is 10.4. The van der Waals surface area contributed by atoms with Gasteiger partial charge in [0.15, 0.2) is 5.78 Å². The Morgan fingerprint density at radius 1 is 1.29 bits per heavy atom. The molecule has 9 nitrogen and oxygen atoms in total. The second-order valence-electron chi connectivity index (χ2n) is 7.71. The maximum atomic E-state index is 13.2. The molecular formula is C24H22ClN5O4. The molecule has 1 aliphatic heterocycles. The molecule has 3 N–H and O–H groups in total. The molecule has 1 aliphatic carbocycles. The SMILES string of the molecule is COc1ccc(C2C(C#N)=C(N)N(NC(=O)c3cccnc3Cl)C3=C2C(=O)CCC3)c(OC)c1. The summed E-state index contributed by atoms with van der Waals surface area (Å²) in [6.45, 7) is 0. The number of halogens is 1. The summed E-state index contributed by atoms with van der Waals surface area (Å²) < 4.78 is 10.8. The number of carbonyl (C=O) groups excluding carboxylic acids is 2. The highest BCUT2D eigenvalue weighted by molar-refractivity contribution is 6.32. The van der Waals surface area contributed by atoms with E-state index < -0.39 is 11.8 Å². The van der Waals surface area contributed by atoms with Crippen LogP contribution in [0.3, 0.4) is 0 Å². The Morgan fingerprint density at radius 3 is 2.76 bits per heavy atom. The number of hydrazine groups is 1. The Kier molecular flexibility index (Phi) is 6.43. The minimum absolute atomic E-state index is 0.0205. The molecule has 0 radical (unpaired) electrons. The molecule has 0 bridgehead atoms. The molecule has 4 rings (SSSR count). The van der Waals surface area contributed by atoms with Gasteiger partial charge in [-0.25, -0.2) is 9.99 Å². The van der Waals surface area contributed by atoms with Gasteiger partial charge in [0, 0.05) is 35.5 Å².